The summed E-state index contributed by atoms with van der Waals surface area (Å²) >= 11 is 1.65. The Labute approximate surface area is 182 Å². The first-order valence-electron chi connectivity index (χ1n) is 10.2. The molecule has 1 N–H and O–H groups in total. The van der Waals surface area contributed by atoms with E-state index in [1.54, 1.807) is 11.8 Å². The van der Waals surface area contributed by atoms with Crippen molar-refractivity contribution in [1.29, 1.82) is 0 Å². The van der Waals surface area contributed by atoms with Crippen molar-refractivity contribution in [3.8, 4) is 0 Å². The summed E-state index contributed by atoms with van der Waals surface area (Å²) < 4.78 is 2.04. The summed E-state index contributed by atoms with van der Waals surface area (Å²) in [6, 6.07) is 8.47. The second kappa shape index (κ2) is 11.4. The van der Waals surface area contributed by atoms with Gasteiger partial charge in [-0.25, -0.2) is 0 Å². The number of carbonyl (C=O) groups excluding carboxylic acids is 1. The van der Waals surface area contributed by atoms with E-state index < -0.39 is 0 Å². The van der Waals surface area contributed by atoms with Crippen molar-refractivity contribution in [2.75, 3.05) is 6.54 Å². The minimum atomic E-state index is 0.0172. The number of carbonyl (C=O) groups is 1. The summed E-state index contributed by atoms with van der Waals surface area (Å²) in [7, 11) is 0. The molecule has 0 atom stereocenters. The highest BCUT2D eigenvalue weighted by Crippen LogP contribution is 2.23. The number of amides is 1. The molecule has 0 spiro atoms. The molecule has 1 aliphatic rings. The number of thioether (sulfide) groups is 1. The van der Waals surface area contributed by atoms with E-state index in [0.717, 1.165) is 28.7 Å². The molecule has 5 nitrogen and oxygen atoms in total. The van der Waals surface area contributed by atoms with Gasteiger partial charge in [-0.3, -0.25) is 4.79 Å². The molecule has 156 valence electrons. The molecule has 0 fully saturated rings. The SMILES string of the molecule is C=CCn1c(CCC(=O)NCC2=CCC=CC=C2)nnc1SCc1cccc(C)c1. The Morgan fingerprint density at radius 1 is 1.33 bits per heavy atom. The molecule has 0 saturated carbocycles. The first-order chi connectivity index (χ1) is 14.7. The van der Waals surface area contributed by atoms with Gasteiger partial charge in [0.2, 0.25) is 5.91 Å². The topological polar surface area (TPSA) is 59.8 Å². The zero-order chi connectivity index (χ0) is 21.2. The number of allylic oxidation sites excluding steroid dienone is 5. The zero-order valence-corrected chi connectivity index (χ0v) is 18.2. The molecule has 3 rings (SSSR count). The number of benzene rings is 1. The largest absolute Gasteiger partial charge is 0.352 e. The van der Waals surface area contributed by atoms with E-state index in [0.29, 0.717) is 25.9 Å². The summed E-state index contributed by atoms with van der Waals surface area (Å²) in [5.74, 6) is 1.66. The molecule has 0 bridgehead atoms. The van der Waals surface area contributed by atoms with E-state index in [-0.39, 0.29) is 5.91 Å². The third kappa shape index (κ3) is 6.59. The van der Waals surface area contributed by atoms with Crippen LogP contribution in [0.1, 0.15) is 29.8 Å². The third-order valence-electron chi connectivity index (χ3n) is 4.69. The fourth-order valence-electron chi connectivity index (χ4n) is 3.14. The van der Waals surface area contributed by atoms with Crippen molar-refractivity contribution in [3.05, 3.63) is 89.8 Å². The highest BCUT2D eigenvalue weighted by molar-refractivity contribution is 7.98. The lowest BCUT2D eigenvalue weighted by atomic mass is 10.2. The molecular weight excluding hydrogens is 392 g/mol. The van der Waals surface area contributed by atoms with Gasteiger partial charge < -0.3 is 9.88 Å². The highest BCUT2D eigenvalue weighted by Gasteiger charge is 2.13. The maximum Gasteiger partial charge on any atom is 0.220 e. The van der Waals surface area contributed by atoms with Crippen LogP contribution in [0, 0.1) is 6.92 Å². The first-order valence-corrected chi connectivity index (χ1v) is 11.1. The van der Waals surface area contributed by atoms with Crippen LogP contribution in [0.4, 0.5) is 0 Å². The number of nitrogens with one attached hydrogen (secondary N) is 1. The van der Waals surface area contributed by atoms with Crippen molar-refractivity contribution in [2.45, 2.75) is 43.6 Å². The molecule has 1 aliphatic carbocycles. The van der Waals surface area contributed by atoms with Gasteiger partial charge in [-0.1, -0.05) is 78.0 Å². The average Bonchev–Trinajstić information content (AvgIpc) is 2.94. The highest BCUT2D eigenvalue weighted by atomic mass is 32.2. The van der Waals surface area contributed by atoms with Gasteiger partial charge in [-0.2, -0.15) is 0 Å². The summed E-state index contributed by atoms with van der Waals surface area (Å²) in [5, 5.41) is 12.5. The van der Waals surface area contributed by atoms with Crippen molar-refractivity contribution >= 4 is 17.7 Å². The van der Waals surface area contributed by atoms with Crippen LogP contribution in [0.2, 0.25) is 0 Å². The first kappa shape index (κ1) is 21.8. The Morgan fingerprint density at radius 2 is 2.23 bits per heavy atom. The van der Waals surface area contributed by atoms with Crippen molar-refractivity contribution in [2.24, 2.45) is 0 Å². The van der Waals surface area contributed by atoms with E-state index in [4.69, 9.17) is 0 Å². The number of hydrogen-bond acceptors (Lipinski definition) is 4. The van der Waals surface area contributed by atoms with Gasteiger partial charge in [0.1, 0.15) is 5.82 Å². The molecule has 2 aromatic rings. The van der Waals surface area contributed by atoms with Crippen LogP contribution in [0.25, 0.3) is 0 Å². The molecule has 0 radical (unpaired) electrons. The Kier molecular flexibility index (Phi) is 8.27. The molecular formula is C24H28N4OS. The van der Waals surface area contributed by atoms with Crippen LogP contribution in [0.15, 0.2) is 78.0 Å². The molecule has 30 heavy (non-hydrogen) atoms. The molecule has 6 heteroatoms. The molecule has 1 amide bonds. The van der Waals surface area contributed by atoms with Crippen LogP contribution in [-0.4, -0.2) is 27.2 Å². The molecule has 0 unspecified atom stereocenters. The number of nitrogens with zero attached hydrogens (tertiary/aromatic N) is 3. The normalized spacial score (nSPS) is 13.0. The Morgan fingerprint density at radius 3 is 3.07 bits per heavy atom. The molecule has 0 saturated heterocycles. The standard InChI is InChI=1S/C24H28N4OS/c1-3-15-28-22(13-14-23(29)25-17-20-10-6-4-5-7-11-20)26-27-24(28)30-18-21-12-8-9-19(2)16-21/h3-6,8-12,16H,1,7,13-15,17-18H2,2H3,(H,25,29). The van der Waals surface area contributed by atoms with Gasteiger partial charge in [0, 0.05) is 31.7 Å². The number of rotatable bonds is 10. The van der Waals surface area contributed by atoms with Crippen LogP contribution >= 0.6 is 11.8 Å². The Bertz CT molecular complexity index is 971. The van der Waals surface area contributed by atoms with E-state index in [1.807, 2.05) is 28.9 Å². The summed E-state index contributed by atoms with van der Waals surface area (Å²) in [5.41, 5.74) is 3.63. The van der Waals surface area contributed by atoms with Crippen molar-refractivity contribution in [1.82, 2.24) is 20.1 Å². The van der Waals surface area contributed by atoms with Gasteiger partial charge in [0.15, 0.2) is 5.16 Å². The van der Waals surface area contributed by atoms with Crippen LogP contribution < -0.4 is 5.32 Å². The lowest BCUT2D eigenvalue weighted by molar-refractivity contribution is -0.120. The quantitative estimate of drug-likeness (QED) is 0.452. The fraction of sp³-hybridized carbons (Fsp3) is 0.292. The second-order valence-corrected chi connectivity index (χ2v) is 8.10. The summed E-state index contributed by atoms with van der Waals surface area (Å²) in [4.78, 5) is 12.3. The van der Waals surface area contributed by atoms with Gasteiger partial charge >= 0.3 is 0 Å². The minimum Gasteiger partial charge on any atom is -0.352 e. The lowest BCUT2D eigenvalue weighted by Crippen LogP contribution is -2.25. The Hall–Kier alpha value is -2.86. The predicted octanol–water partition coefficient (Wildman–Crippen LogP) is 4.56. The van der Waals surface area contributed by atoms with Crippen LogP contribution in [0.5, 0.6) is 0 Å². The lowest BCUT2D eigenvalue weighted by Gasteiger charge is -2.09. The molecule has 1 aromatic heterocycles. The zero-order valence-electron chi connectivity index (χ0n) is 17.4. The van der Waals surface area contributed by atoms with Crippen molar-refractivity contribution < 1.29 is 4.79 Å². The van der Waals surface area contributed by atoms with Gasteiger partial charge in [-0.05, 0) is 24.5 Å². The predicted molar refractivity (Wildman–Crippen MR) is 123 cm³/mol. The molecule has 1 aromatic carbocycles. The third-order valence-corrected chi connectivity index (χ3v) is 5.73. The maximum atomic E-state index is 12.3. The summed E-state index contributed by atoms with van der Waals surface area (Å²) in [6.07, 6.45) is 13.9. The fourth-order valence-corrected chi connectivity index (χ4v) is 4.05. The van der Waals surface area contributed by atoms with Crippen LogP contribution in [0.3, 0.4) is 0 Å². The van der Waals surface area contributed by atoms with Crippen molar-refractivity contribution in [3.63, 3.8) is 0 Å². The Balaban J connectivity index is 1.54. The molecule has 0 aliphatic heterocycles. The van der Waals surface area contributed by atoms with Gasteiger partial charge in [0.25, 0.3) is 0 Å². The second-order valence-electron chi connectivity index (χ2n) is 7.15. The molecule has 1 heterocycles. The minimum absolute atomic E-state index is 0.0172. The van der Waals surface area contributed by atoms with Gasteiger partial charge in [-0.15, -0.1) is 16.8 Å². The smallest absolute Gasteiger partial charge is 0.220 e. The van der Waals surface area contributed by atoms with E-state index >= 15 is 0 Å². The van der Waals surface area contributed by atoms with Crippen LogP contribution in [-0.2, 0) is 23.5 Å². The van der Waals surface area contributed by atoms with E-state index in [2.05, 4.69) is 65.4 Å². The number of aryl methyl sites for hydroxylation is 2. The maximum absolute atomic E-state index is 12.3. The monoisotopic (exact) mass is 420 g/mol. The number of hydrogen-bond donors (Lipinski definition) is 1. The summed E-state index contributed by atoms with van der Waals surface area (Å²) in [6.45, 7) is 7.12. The average molecular weight is 421 g/mol. The van der Waals surface area contributed by atoms with E-state index in [9.17, 15) is 4.79 Å². The number of aromatic nitrogens is 3. The van der Waals surface area contributed by atoms with E-state index in [1.165, 1.54) is 11.1 Å². The van der Waals surface area contributed by atoms with Gasteiger partial charge in [0.05, 0.1) is 0 Å².